The molecule has 0 bridgehead atoms. The van der Waals surface area contributed by atoms with Gasteiger partial charge in [0.15, 0.2) is 0 Å². The van der Waals surface area contributed by atoms with Crippen molar-refractivity contribution in [2.45, 2.75) is 59.1 Å². The van der Waals surface area contributed by atoms with Gasteiger partial charge in [-0.15, -0.1) is 0 Å². The van der Waals surface area contributed by atoms with Crippen molar-refractivity contribution in [3.05, 3.63) is 46.4 Å². The van der Waals surface area contributed by atoms with Crippen LogP contribution in [0, 0.1) is 11.8 Å². The van der Waals surface area contributed by atoms with Crippen LogP contribution in [-0.4, -0.2) is 45.5 Å². The number of aromatic nitrogens is 1. The van der Waals surface area contributed by atoms with Gasteiger partial charge in [-0.2, -0.15) is 0 Å². The van der Waals surface area contributed by atoms with E-state index in [1.165, 1.54) is 0 Å². The zero-order chi connectivity index (χ0) is 25.9. The molecule has 3 aromatic rings. The summed E-state index contributed by atoms with van der Waals surface area (Å²) in [5.74, 6) is -1.35. The van der Waals surface area contributed by atoms with Crippen molar-refractivity contribution in [2.75, 3.05) is 0 Å². The Bertz CT molecular complexity index is 1150. The normalized spacial score (nSPS) is 13.4. The summed E-state index contributed by atoms with van der Waals surface area (Å²) in [6.07, 6.45) is 0.799. The van der Waals surface area contributed by atoms with Gasteiger partial charge in [-0.25, -0.2) is 0 Å². The zero-order valence-electron chi connectivity index (χ0n) is 20.4. The molecular formula is C25H32BCl2N3O4. The molecule has 7 nitrogen and oxygen atoms in total. The maximum Gasteiger partial charge on any atom is 0.475 e. The third-order valence-corrected chi connectivity index (χ3v) is 6.33. The Morgan fingerprint density at radius 1 is 0.886 bits per heavy atom. The van der Waals surface area contributed by atoms with E-state index < -0.39 is 25.0 Å². The summed E-state index contributed by atoms with van der Waals surface area (Å²) in [7, 11) is -1.69. The molecular weight excluding hydrogens is 488 g/mol. The minimum Gasteiger partial charge on any atom is -0.426 e. The molecule has 0 aliphatic heterocycles. The highest BCUT2D eigenvalue weighted by Crippen LogP contribution is 2.32. The number of halogens is 2. The quantitative estimate of drug-likeness (QED) is 0.302. The second-order valence-corrected chi connectivity index (χ2v) is 10.7. The Hall–Kier alpha value is -2.26. The predicted octanol–water partition coefficient (Wildman–Crippen LogP) is 4.18. The van der Waals surface area contributed by atoms with E-state index in [1.54, 1.807) is 24.3 Å². The molecule has 2 aromatic carbocycles. The standard InChI is InChI=1S/C25H32BCl2N3O4/c1-14(2)9-20(25(33)30-23(26(34)35)10-15(3)4)29-24(32)13-31-21-11-16(27)5-7-18(21)19-8-6-17(28)12-22(19)31/h5-8,11-12,14-15,20,23,34-35H,9-10,13H2,1-4H3,(H,29,32)(H,30,33)/t20-,23-/m0/s1. The van der Waals surface area contributed by atoms with Crippen LogP contribution in [-0.2, 0) is 16.1 Å². The Labute approximate surface area is 215 Å². The lowest BCUT2D eigenvalue weighted by molar-refractivity contribution is -0.129. The second-order valence-electron chi connectivity index (χ2n) is 9.82. The molecule has 188 valence electrons. The molecule has 3 rings (SSSR count). The van der Waals surface area contributed by atoms with Crippen molar-refractivity contribution < 1.29 is 19.6 Å². The number of amides is 2. The summed E-state index contributed by atoms with van der Waals surface area (Å²) in [6, 6.07) is 10.2. The van der Waals surface area contributed by atoms with Crippen LogP contribution in [0.25, 0.3) is 21.8 Å². The third kappa shape index (κ3) is 6.91. The van der Waals surface area contributed by atoms with Crippen LogP contribution in [0.3, 0.4) is 0 Å². The topological polar surface area (TPSA) is 104 Å². The van der Waals surface area contributed by atoms with E-state index in [2.05, 4.69) is 10.6 Å². The van der Waals surface area contributed by atoms with Crippen molar-refractivity contribution in [1.82, 2.24) is 15.2 Å². The fourth-order valence-corrected chi connectivity index (χ4v) is 4.68. The van der Waals surface area contributed by atoms with E-state index in [4.69, 9.17) is 23.2 Å². The Balaban J connectivity index is 1.86. The lowest BCUT2D eigenvalue weighted by Crippen LogP contribution is -2.55. The first-order valence-electron chi connectivity index (χ1n) is 11.8. The molecule has 1 aromatic heterocycles. The predicted molar refractivity (Wildman–Crippen MR) is 142 cm³/mol. The van der Waals surface area contributed by atoms with Gasteiger partial charge in [0, 0.05) is 20.8 Å². The molecule has 0 radical (unpaired) electrons. The summed E-state index contributed by atoms with van der Waals surface area (Å²) >= 11 is 12.5. The van der Waals surface area contributed by atoms with Gasteiger partial charge in [-0.1, -0.05) is 63.0 Å². The van der Waals surface area contributed by atoms with E-state index in [9.17, 15) is 19.6 Å². The molecule has 0 saturated carbocycles. The second kappa shape index (κ2) is 11.7. The van der Waals surface area contributed by atoms with E-state index in [1.807, 2.05) is 44.4 Å². The van der Waals surface area contributed by atoms with Gasteiger partial charge in [0.25, 0.3) is 0 Å². The number of carbonyl (C=O) groups is 2. The summed E-state index contributed by atoms with van der Waals surface area (Å²) in [6.45, 7) is 7.73. The number of nitrogens with one attached hydrogen (secondary N) is 2. The van der Waals surface area contributed by atoms with Crippen molar-refractivity contribution in [3.8, 4) is 0 Å². The maximum absolute atomic E-state index is 13.2. The number of benzene rings is 2. The van der Waals surface area contributed by atoms with E-state index in [0.717, 1.165) is 21.8 Å². The fraction of sp³-hybridized carbons (Fsp3) is 0.440. The number of carbonyl (C=O) groups excluding carboxylic acids is 2. The van der Waals surface area contributed by atoms with Gasteiger partial charge in [0.1, 0.15) is 12.6 Å². The van der Waals surface area contributed by atoms with Crippen LogP contribution >= 0.6 is 23.2 Å². The van der Waals surface area contributed by atoms with Crippen LogP contribution in [0.1, 0.15) is 40.5 Å². The average Bonchev–Trinajstić information content (AvgIpc) is 3.03. The maximum atomic E-state index is 13.2. The van der Waals surface area contributed by atoms with Crippen LogP contribution in [0.15, 0.2) is 36.4 Å². The molecule has 1 heterocycles. The van der Waals surface area contributed by atoms with Crippen LogP contribution in [0.5, 0.6) is 0 Å². The highest BCUT2D eigenvalue weighted by molar-refractivity contribution is 6.43. The lowest BCUT2D eigenvalue weighted by atomic mass is 9.75. The first-order chi connectivity index (χ1) is 16.5. The fourth-order valence-electron chi connectivity index (χ4n) is 4.34. The van der Waals surface area contributed by atoms with Crippen LogP contribution in [0.4, 0.5) is 0 Å². The first kappa shape index (κ1) is 27.3. The molecule has 2 amide bonds. The Morgan fingerprint density at radius 2 is 1.40 bits per heavy atom. The number of hydrogen-bond donors (Lipinski definition) is 4. The highest BCUT2D eigenvalue weighted by Gasteiger charge is 2.30. The van der Waals surface area contributed by atoms with Gasteiger partial charge in [-0.3, -0.25) is 9.59 Å². The molecule has 2 atom stereocenters. The SMILES string of the molecule is CC(C)C[C@H](NC(=O)[C@H](CC(C)C)NC(=O)Cn1c2cc(Cl)ccc2c2ccc(Cl)cc21)B(O)O. The van der Waals surface area contributed by atoms with Gasteiger partial charge in [-0.05, 0) is 48.9 Å². The number of hydrogen-bond acceptors (Lipinski definition) is 4. The van der Waals surface area contributed by atoms with Gasteiger partial charge in [0.2, 0.25) is 11.8 Å². The van der Waals surface area contributed by atoms with Gasteiger partial charge >= 0.3 is 7.12 Å². The minimum absolute atomic E-state index is 0.0411. The molecule has 4 N–H and O–H groups in total. The van der Waals surface area contributed by atoms with Crippen molar-refractivity contribution >= 4 is 63.9 Å². The van der Waals surface area contributed by atoms with E-state index >= 15 is 0 Å². The molecule has 10 heteroatoms. The third-order valence-electron chi connectivity index (χ3n) is 5.86. The van der Waals surface area contributed by atoms with Crippen LogP contribution < -0.4 is 10.6 Å². The van der Waals surface area contributed by atoms with Crippen molar-refractivity contribution in [1.29, 1.82) is 0 Å². The first-order valence-corrected chi connectivity index (χ1v) is 12.5. The van der Waals surface area contributed by atoms with Crippen LogP contribution in [0.2, 0.25) is 10.0 Å². The zero-order valence-corrected chi connectivity index (χ0v) is 21.9. The van der Waals surface area contributed by atoms with E-state index in [-0.39, 0.29) is 24.3 Å². The lowest BCUT2D eigenvalue weighted by Gasteiger charge is -2.25. The largest absolute Gasteiger partial charge is 0.475 e. The Kier molecular flexibility index (Phi) is 9.10. The van der Waals surface area contributed by atoms with Gasteiger partial charge in [0.05, 0.1) is 17.0 Å². The summed E-state index contributed by atoms with van der Waals surface area (Å²) in [5, 5.41) is 27.9. The number of fused-ring (bicyclic) bond motifs is 3. The highest BCUT2D eigenvalue weighted by atomic mass is 35.5. The summed E-state index contributed by atoms with van der Waals surface area (Å²) in [4.78, 5) is 26.2. The molecule has 0 spiro atoms. The van der Waals surface area contributed by atoms with Crippen molar-refractivity contribution in [2.24, 2.45) is 11.8 Å². The average molecular weight is 520 g/mol. The number of rotatable bonds is 10. The summed E-state index contributed by atoms with van der Waals surface area (Å²) < 4.78 is 1.83. The molecule has 0 fully saturated rings. The molecule has 0 aliphatic rings. The van der Waals surface area contributed by atoms with Crippen molar-refractivity contribution in [3.63, 3.8) is 0 Å². The van der Waals surface area contributed by atoms with E-state index in [0.29, 0.717) is 22.9 Å². The molecule has 0 saturated heterocycles. The Morgan fingerprint density at radius 3 is 1.86 bits per heavy atom. The summed E-state index contributed by atoms with van der Waals surface area (Å²) in [5.41, 5.74) is 1.57. The monoisotopic (exact) mass is 519 g/mol. The smallest absolute Gasteiger partial charge is 0.426 e. The minimum atomic E-state index is -1.69. The van der Waals surface area contributed by atoms with Gasteiger partial charge < -0.3 is 25.2 Å². The molecule has 0 aliphatic carbocycles. The molecule has 0 unspecified atom stereocenters. The molecule has 35 heavy (non-hydrogen) atoms. The number of nitrogens with zero attached hydrogens (tertiary/aromatic N) is 1.